The van der Waals surface area contributed by atoms with Crippen LogP contribution in [-0.2, 0) is 19.4 Å². The third-order valence-corrected chi connectivity index (χ3v) is 3.97. The van der Waals surface area contributed by atoms with Gasteiger partial charge >= 0.3 is 0 Å². The molecule has 0 unspecified atom stereocenters. The lowest BCUT2D eigenvalue weighted by Crippen LogP contribution is -2.33. The smallest absolute Gasteiger partial charge is 0.188 e. The number of rotatable bonds is 9. The van der Waals surface area contributed by atoms with E-state index in [9.17, 15) is 0 Å². The predicted octanol–water partition coefficient (Wildman–Crippen LogP) is 3.70. The van der Waals surface area contributed by atoms with E-state index in [1.807, 2.05) is 36.4 Å². The average molecular weight is 481 g/mol. The summed E-state index contributed by atoms with van der Waals surface area (Å²) < 4.78 is 10.9. The molecule has 6 heteroatoms. The molecule has 0 radical (unpaired) electrons. The highest BCUT2D eigenvalue weighted by Crippen LogP contribution is 2.33. The summed E-state index contributed by atoms with van der Waals surface area (Å²) in [6.45, 7) is 5.01. The van der Waals surface area contributed by atoms with Crippen molar-refractivity contribution in [3.05, 3.63) is 71.8 Å². The molecular formula is C21H28IN3O2. The molecule has 0 bridgehead atoms. The van der Waals surface area contributed by atoms with Gasteiger partial charge in [0.25, 0.3) is 0 Å². The summed E-state index contributed by atoms with van der Waals surface area (Å²) in [7, 11) is 3.26. The van der Waals surface area contributed by atoms with Gasteiger partial charge in [0, 0.05) is 12.1 Å². The van der Waals surface area contributed by atoms with E-state index in [4.69, 9.17) is 15.2 Å². The first kappa shape index (κ1) is 22.8. The number of benzene rings is 2. The Hall–Kier alpha value is -2.22. The number of guanidine groups is 1. The molecule has 2 aromatic rings. The Bertz CT molecular complexity index is 749. The Morgan fingerprint density at radius 2 is 1.89 bits per heavy atom. The lowest BCUT2D eigenvalue weighted by Gasteiger charge is -2.14. The molecule has 0 atom stereocenters. The first-order valence-corrected chi connectivity index (χ1v) is 8.60. The quantitative estimate of drug-likeness (QED) is 0.248. The third-order valence-electron chi connectivity index (χ3n) is 3.97. The topological polar surface area (TPSA) is 68.9 Å². The Balaban J connectivity index is 0.00000364. The van der Waals surface area contributed by atoms with Crippen LogP contribution < -0.4 is 20.5 Å². The summed E-state index contributed by atoms with van der Waals surface area (Å²) in [5.41, 5.74) is 9.26. The van der Waals surface area contributed by atoms with Crippen LogP contribution in [0.25, 0.3) is 0 Å². The monoisotopic (exact) mass is 481 g/mol. The first-order valence-electron chi connectivity index (χ1n) is 8.60. The van der Waals surface area contributed by atoms with E-state index in [-0.39, 0.29) is 24.0 Å². The number of halogens is 1. The number of nitrogens with one attached hydrogen (secondary N) is 1. The highest BCUT2D eigenvalue weighted by Gasteiger charge is 2.11. The van der Waals surface area contributed by atoms with Crippen LogP contribution in [0.3, 0.4) is 0 Å². The molecule has 0 saturated carbocycles. The molecule has 0 aliphatic carbocycles. The van der Waals surface area contributed by atoms with Crippen molar-refractivity contribution in [3.63, 3.8) is 0 Å². The van der Waals surface area contributed by atoms with Crippen LogP contribution in [0.5, 0.6) is 11.5 Å². The fourth-order valence-electron chi connectivity index (χ4n) is 2.72. The Kier molecular flexibility index (Phi) is 10.3. The molecule has 0 amide bonds. The van der Waals surface area contributed by atoms with Crippen molar-refractivity contribution in [3.8, 4) is 11.5 Å². The fourth-order valence-corrected chi connectivity index (χ4v) is 2.72. The summed E-state index contributed by atoms with van der Waals surface area (Å²) in [6, 6.07) is 14.2. The van der Waals surface area contributed by atoms with Gasteiger partial charge < -0.3 is 20.5 Å². The van der Waals surface area contributed by atoms with E-state index in [1.165, 1.54) is 5.56 Å². The zero-order valence-electron chi connectivity index (χ0n) is 15.9. The second-order valence-electron chi connectivity index (χ2n) is 5.85. The number of aliphatic imine (C=N–C) groups is 1. The van der Waals surface area contributed by atoms with Gasteiger partial charge in [0.1, 0.15) is 0 Å². The van der Waals surface area contributed by atoms with Gasteiger partial charge in [0.15, 0.2) is 17.5 Å². The van der Waals surface area contributed by atoms with Gasteiger partial charge in [-0.25, -0.2) is 4.99 Å². The molecule has 3 N–H and O–H groups in total. The first-order chi connectivity index (χ1) is 12.7. The van der Waals surface area contributed by atoms with Gasteiger partial charge in [-0.05, 0) is 36.1 Å². The maximum absolute atomic E-state index is 5.98. The summed E-state index contributed by atoms with van der Waals surface area (Å²) in [6.07, 6.45) is 3.43. The molecule has 146 valence electrons. The van der Waals surface area contributed by atoms with Crippen molar-refractivity contribution in [2.75, 3.05) is 20.8 Å². The molecular weight excluding hydrogens is 453 g/mol. The summed E-state index contributed by atoms with van der Waals surface area (Å²) in [5, 5.41) is 3.15. The second-order valence-corrected chi connectivity index (χ2v) is 5.85. The average Bonchev–Trinajstić information content (AvgIpc) is 2.67. The van der Waals surface area contributed by atoms with Crippen LogP contribution in [0.15, 0.2) is 60.1 Å². The van der Waals surface area contributed by atoms with Crippen molar-refractivity contribution in [1.82, 2.24) is 5.32 Å². The Labute approximate surface area is 178 Å². The van der Waals surface area contributed by atoms with E-state index in [2.05, 4.69) is 29.0 Å². The molecule has 0 aliphatic heterocycles. The van der Waals surface area contributed by atoms with Crippen molar-refractivity contribution in [2.45, 2.75) is 19.4 Å². The minimum Gasteiger partial charge on any atom is -0.493 e. The molecule has 0 spiro atoms. The lowest BCUT2D eigenvalue weighted by atomic mass is 10.1. The number of hydrogen-bond donors (Lipinski definition) is 2. The van der Waals surface area contributed by atoms with Gasteiger partial charge in [-0.2, -0.15) is 0 Å². The summed E-state index contributed by atoms with van der Waals surface area (Å²) in [5.74, 6) is 1.85. The van der Waals surface area contributed by atoms with Gasteiger partial charge in [-0.15, -0.1) is 30.6 Å². The maximum atomic E-state index is 5.98. The zero-order chi connectivity index (χ0) is 18.8. The van der Waals surface area contributed by atoms with E-state index in [0.29, 0.717) is 24.7 Å². The molecule has 0 aliphatic rings. The van der Waals surface area contributed by atoms with E-state index in [0.717, 1.165) is 29.8 Å². The standard InChI is InChI=1S/C21H27N3O2.HI/c1-4-8-18-13-17(14-19(25-2)20(18)26-3)15-24-21(22)23-12-11-16-9-6-5-7-10-16;/h4-7,9-10,13-14H,1,8,11-12,15H2,2-3H3,(H3,22,23,24);1H. The van der Waals surface area contributed by atoms with E-state index in [1.54, 1.807) is 14.2 Å². The van der Waals surface area contributed by atoms with Crippen LogP contribution in [0.4, 0.5) is 0 Å². The van der Waals surface area contributed by atoms with Crippen molar-refractivity contribution < 1.29 is 9.47 Å². The Morgan fingerprint density at radius 1 is 1.15 bits per heavy atom. The molecule has 0 aromatic heterocycles. The highest BCUT2D eigenvalue weighted by atomic mass is 127. The van der Waals surface area contributed by atoms with Crippen molar-refractivity contribution in [1.29, 1.82) is 0 Å². The van der Waals surface area contributed by atoms with Gasteiger partial charge in [0.2, 0.25) is 0 Å². The minimum absolute atomic E-state index is 0. The number of ether oxygens (including phenoxy) is 2. The highest BCUT2D eigenvalue weighted by molar-refractivity contribution is 14.0. The molecule has 2 aromatic carbocycles. The number of allylic oxidation sites excluding steroid dienone is 1. The fraction of sp³-hybridized carbons (Fsp3) is 0.286. The molecule has 0 fully saturated rings. The van der Waals surface area contributed by atoms with E-state index < -0.39 is 0 Å². The van der Waals surface area contributed by atoms with Crippen LogP contribution in [0, 0.1) is 0 Å². The second kappa shape index (κ2) is 12.2. The van der Waals surface area contributed by atoms with Crippen molar-refractivity contribution in [2.24, 2.45) is 10.7 Å². The summed E-state index contributed by atoms with van der Waals surface area (Å²) >= 11 is 0. The number of nitrogens with zero attached hydrogens (tertiary/aromatic N) is 1. The van der Waals surface area contributed by atoms with Gasteiger partial charge in [-0.3, -0.25) is 0 Å². The summed E-state index contributed by atoms with van der Waals surface area (Å²) in [4.78, 5) is 4.42. The van der Waals surface area contributed by atoms with Gasteiger partial charge in [-0.1, -0.05) is 36.4 Å². The SMILES string of the molecule is C=CCc1cc(CN=C(N)NCCc2ccccc2)cc(OC)c1OC.I. The normalized spacial score (nSPS) is 10.7. The predicted molar refractivity (Wildman–Crippen MR) is 122 cm³/mol. The molecule has 2 rings (SSSR count). The lowest BCUT2D eigenvalue weighted by molar-refractivity contribution is 0.352. The number of nitrogens with two attached hydrogens (primary N) is 1. The van der Waals surface area contributed by atoms with Crippen molar-refractivity contribution >= 4 is 29.9 Å². The van der Waals surface area contributed by atoms with Crippen LogP contribution in [0.2, 0.25) is 0 Å². The molecule has 5 nitrogen and oxygen atoms in total. The minimum atomic E-state index is 0. The zero-order valence-corrected chi connectivity index (χ0v) is 18.2. The van der Waals surface area contributed by atoms with Crippen LogP contribution >= 0.6 is 24.0 Å². The molecule has 27 heavy (non-hydrogen) atoms. The largest absolute Gasteiger partial charge is 0.493 e. The third kappa shape index (κ3) is 7.13. The Morgan fingerprint density at radius 3 is 2.52 bits per heavy atom. The van der Waals surface area contributed by atoms with E-state index >= 15 is 0 Å². The maximum Gasteiger partial charge on any atom is 0.188 e. The molecule has 0 saturated heterocycles. The number of hydrogen-bond acceptors (Lipinski definition) is 3. The number of methoxy groups -OCH3 is 2. The van der Waals surface area contributed by atoms with Gasteiger partial charge in [0.05, 0.1) is 20.8 Å². The van der Waals surface area contributed by atoms with Crippen LogP contribution in [-0.4, -0.2) is 26.7 Å². The van der Waals surface area contributed by atoms with Crippen LogP contribution in [0.1, 0.15) is 16.7 Å². The molecule has 0 heterocycles.